The summed E-state index contributed by atoms with van der Waals surface area (Å²) in [5, 5.41) is 3.93. The van der Waals surface area contributed by atoms with Crippen LogP contribution in [0.4, 0.5) is 0 Å². The topological polar surface area (TPSA) is 29.1 Å². The van der Waals surface area contributed by atoms with Crippen LogP contribution in [0.25, 0.3) is 0 Å². The molecule has 0 fully saturated rings. The lowest BCUT2D eigenvalue weighted by molar-refractivity contribution is 0.562. The van der Waals surface area contributed by atoms with E-state index in [4.69, 9.17) is 0 Å². The normalized spacial score (nSPS) is 14.1. The van der Waals surface area contributed by atoms with Gasteiger partial charge in [-0.3, -0.25) is 0 Å². The summed E-state index contributed by atoms with van der Waals surface area (Å²) < 4.78 is 16.9. The molecule has 4 heteroatoms. The summed E-state index contributed by atoms with van der Waals surface area (Å²) in [6.45, 7) is 19.8. The van der Waals surface area contributed by atoms with Crippen molar-refractivity contribution in [2.75, 3.05) is 0 Å². The van der Waals surface area contributed by atoms with Crippen molar-refractivity contribution >= 4 is 34.8 Å². The molecule has 0 saturated heterocycles. The highest BCUT2D eigenvalue weighted by Crippen LogP contribution is 2.37. The van der Waals surface area contributed by atoms with Gasteiger partial charge in [0.25, 0.3) is 0 Å². The molecule has 222 valence electrons. The predicted octanol–water partition coefficient (Wildman–Crippen LogP) is 8.38. The summed E-state index contributed by atoms with van der Waals surface area (Å²) in [7, 11) is -2.06. The van der Waals surface area contributed by atoms with Crippen LogP contribution in [-0.2, 0) is 28.2 Å². The quantitative estimate of drug-likeness (QED) is 0.203. The monoisotopic (exact) mass is 597 g/mol. The van der Waals surface area contributed by atoms with E-state index in [1.54, 1.807) is 0 Å². The molecule has 0 spiro atoms. The highest BCUT2D eigenvalue weighted by atomic mass is 32.2. The van der Waals surface area contributed by atoms with Crippen LogP contribution < -0.4 is 20.6 Å². The number of hydrogen-bond donors (Lipinski definition) is 1. The number of hydrogen-bond acceptors (Lipinski definition) is 1. The van der Waals surface area contributed by atoms with Crippen LogP contribution in [0.1, 0.15) is 90.6 Å². The summed E-state index contributed by atoms with van der Waals surface area (Å²) in [5.41, 5.74) is 5.22. The van der Waals surface area contributed by atoms with Gasteiger partial charge in [-0.05, 0) is 84.1 Å². The van der Waals surface area contributed by atoms with Crippen molar-refractivity contribution in [2.24, 2.45) is 0 Å². The highest BCUT2D eigenvalue weighted by molar-refractivity contribution is 7.84. The maximum absolute atomic E-state index is 13.7. The van der Waals surface area contributed by atoms with Gasteiger partial charge in [0.05, 0.1) is 15.7 Å². The summed E-state index contributed by atoms with van der Waals surface area (Å²) in [4.78, 5) is 0. The molecule has 0 aliphatic carbocycles. The minimum atomic E-state index is -1.24. The van der Waals surface area contributed by atoms with Gasteiger partial charge in [0.1, 0.15) is 0 Å². The molecule has 1 N–H and O–H groups in total. The number of rotatable bonds is 8. The molecule has 4 aromatic rings. The van der Waals surface area contributed by atoms with Crippen LogP contribution in [0.2, 0.25) is 0 Å². The van der Waals surface area contributed by atoms with E-state index in [1.165, 1.54) is 38.2 Å². The highest BCUT2D eigenvalue weighted by Gasteiger charge is 2.29. The van der Waals surface area contributed by atoms with Crippen LogP contribution in [-0.4, -0.2) is 8.96 Å². The minimum Gasteiger partial charge on any atom is -0.242 e. The molecule has 0 saturated carbocycles. The van der Waals surface area contributed by atoms with E-state index in [0.717, 1.165) is 6.42 Å². The maximum Gasteiger partial charge on any atom is 0.0976 e. The zero-order chi connectivity index (χ0) is 30.7. The lowest BCUT2D eigenvalue weighted by Gasteiger charge is -2.30. The Morgan fingerprint density at radius 1 is 0.643 bits per heavy atom. The van der Waals surface area contributed by atoms with Gasteiger partial charge in [-0.2, -0.15) is 0 Å². The third kappa shape index (κ3) is 8.07. The predicted molar refractivity (Wildman–Crippen MR) is 186 cm³/mol. The van der Waals surface area contributed by atoms with E-state index >= 15 is 0 Å². The van der Waals surface area contributed by atoms with Gasteiger partial charge < -0.3 is 0 Å². The fourth-order valence-corrected chi connectivity index (χ4v) is 8.34. The molecule has 0 unspecified atom stereocenters. The molecular weight excluding hydrogens is 549 g/mol. The van der Waals surface area contributed by atoms with E-state index < -0.39 is 18.9 Å². The Balaban J connectivity index is 1.90. The first kappa shape index (κ1) is 32.3. The third-order valence-corrected chi connectivity index (χ3v) is 11.7. The Morgan fingerprint density at radius 3 is 1.55 bits per heavy atom. The smallest absolute Gasteiger partial charge is 0.0976 e. The van der Waals surface area contributed by atoms with Crippen LogP contribution in [0.3, 0.4) is 0 Å². The van der Waals surface area contributed by atoms with Crippen molar-refractivity contribution < 1.29 is 4.21 Å². The molecule has 42 heavy (non-hydrogen) atoms. The molecule has 0 aliphatic heterocycles. The fourth-order valence-electron chi connectivity index (χ4n) is 5.00. The molecule has 0 radical (unpaired) electrons. The van der Waals surface area contributed by atoms with E-state index in [9.17, 15) is 4.21 Å². The van der Waals surface area contributed by atoms with Gasteiger partial charge in [0, 0.05) is 6.04 Å². The second-order valence-corrected chi connectivity index (χ2v) is 18.4. The van der Waals surface area contributed by atoms with Crippen molar-refractivity contribution in [1.82, 2.24) is 4.72 Å². The number of nitrogens with one attached hydrogen (secondary N) is 1. The van der Waals surface area contributed by atoms with Crippen LogP contribution in [0.15, 0.2) is 103 Å². The van der Waals surface area contributed by atoms with Gasteiger partial charge in [-0.15, -0.1) is 0 Å². The molecule has 0 aromatic heterocycles. The molecule has 4 rings (SSSR count). The van der Waals surface area contributed by atoms with Crippen molar-refractivity contribution in [2.45, 2.75) is 90.4 Å². The standard InChI is InChI=1S/C38H48NOPS/c1-36(2,3)29-24-28(25-30(27-29)37(4,5)6)26-34(39-42(40)38(7,8)9)33-22-16-17-23-35(33)41(31-18-12-10-13-19-31)32-20-14-11-15-21-32/h10-25,27,34,39H,26H2,1-9H3/t34-,42-/m1/s1. The minimum absolute atomic E-state index is 0.0278. The first-order valence-electron chi connectivity index (χ1n) is 15.0. The van der Waals surface area contributed by atoms with Gasteiger partial charge in [0.15, 0.2) is 0 Å². The first-order chi connectivity index (χ1) is 19.6. The SMILES string of the molecule is CC(C)(C)c1cc(C[C@@H](N[S@](=O)C(C)(C)C)c2ccccc2P(c2ccccc2)c2ccccc2)cc(C(C)(C)C)c1. The number of benzene rings is 4. The molecule has 4 aromatic carbocycles. The van der Waals surface area contributed by atoms with Crippen molar-refractivity contribution in [3.63, 3.8) is 0 Å². The molecule has 0 heterocycles. The van der Waals surface area contributed by atoms with Gasteiger partial charge in [-0.1, -0.05) is 145 Å². The Morgan fingerprint density at radius 2 is 1.10 bits per heavy atom. The third-order valence-electron chi connectivity index (χ3n) is 7.55. The molecule has 0 amide bonds. The summed E-state index contributed by atoms with van der Waals surface area (Å²) in [5.74, 6) is 0. The second-order valence-electron chi connectivity index (χ2n) is 14.2. The van der Waals surface area contributed by atoms with Crippen LogP contribution in [0, 0.1) is 0 Å². The van der Waals surface area contributed by atoms with Crippen molar-refractivity contribution in [1.29, 1.82) is 0 Å². The van der Waals surface area contributed by atoms with Crippen molar-refractivity contribution in [3.8, 4) is 0 Å². The largest absolute Gasteiger partial charge is 0.242 e. The molecular formula is C38H48NOPS. The zero-order valence-electron chi connectivity index (χ0n) is 26.9. The Labute approximate surface area is 258 Å². The maximum atomic E-state index is 13.7. The van der Waals surface area contributed by atoms with E-state index in [1.807, 2.05) is 20.8 Å². The zero-order valence-corrected chi connectivity index (χ0v) is 28.6. The fraction of sp³-hybridized carbons (Fsp3) is 0.368. The summed E-state index contributed by atoms with van der Waals surface area (Å²) in [6, 6.07) is 37.4. The molecule has 2 nitrogen and oxygen atoms in total. The van der Waals surface area contributed by atoms with Gasteiger partial charge >= 0.3 is 0 Å². The lowest BCUT2D eigenvalue weighted by atomic mass is 9.79. The van der Waals surface area contributed by atoms with Gasteiger partial charge in [0.2, 0.25) is 0 Å². The van der Waals surface area contributed by atoms with E-state index in [-0.39, 0.29) is 21.6 Å². The van der Waals surface area contributed by atoms with Gasteiger partial charge in [-0.25, -0.2) is 8.93 Å². The van der Waals surface area contributed by atoms with Crippen molar-refractivity contribution in [3.05, 3.63) is 125 Å². The van der Waals surface area contributed by atoms with E-state index in [2.05, 4.69) is 149 Å². The molecule has 0 aliphatic rings. The average Bonchev–Trinajstić information content (AvgIpc) is 2.93. The van der Waals surface area contributed by atoms with Crippen LogP contribution in [0.5, 0.6) is 0 Å². The summed E-state index contributed by atoms with van der Waals surface area (Å²) in [6.07, 6.45) is 0.749. The Bertz CT molecular complexity index is 1420. The molecule has 0 bridgehead atoms. The van der Waals surface area contributed by atoms with E-state index in [0.29, 0.717) is 0 Å². The van der Waals surface area contributed by atoms with Crippen LogP contribution >= 0.6 is 7.92 Å². The Hall–Kier alpha value is -2.58. The summed E-state index contributed by atoms with van der Waals surface area (Å²) >= 11 is 0. The lowest BCUT2D eigenvalue weighted by Crippen LogP contribution is -2.38. The average molecular weight is 598 g/mol. The second kappa shape index (κ2) is 13.0. The molecule has 2 atom stereocenters. The first-order valence-corrected chi connectivity index (χ1v) is 17.5. The Kier molecular flexibility index (Phi) is 9.98.